The second-order valence-corrected chi connectivity index (χ2v) is 2.83. The Balaban J connectivity index is 3.19. The van der Waals surface area contributed by atoms with Crippen molar-refractivity contribution in [3.63, 3.8) is 0 Å². The summed E-state index contributed by atoms with van der Waals surface area (Å²) in [5.41, 5.74) is 7.13. The van der Waals surface area contributed by atoms with Crippen molar-refractivity contribution in [2.75, 3.05) is 13.7 Å². The van der Waals surface area contributed by atoms with E-state index in [0.717, 1.165) is 0 Å². The highest BCUT2D eigenvalue weighted by molar-refractivity contribution is 5.94. The van der Waals surface area contributed by atoms with Crippen molar-refractivity contribution in [3.8, 4) is 0 Å². The molecule has 0 saturated heterocycles. The second kappa shape index (κ2) is 4.06. The Morgan fingerprint density at radius 3 is 2.93 bits per heavy atom. The van der Waals surface area contributed by atoms with E-state index in [1.54, 1.807) is 11.7 Å². The van der Waals surface area contributed by atoms with Gasteiger partial charge in [0.2, 0.25) is 0 Å². The maximum atomic E-state index is 11.3. The summed E-state index contributed by atoms with van der Waals surface area (Å²) in [5, 5.41) is 3.95. The molecule has 0 unspecified atom stereocenters. The number of aromatic nitrogens is 2. The Kier molecular flexibility index (Phi) is 3.03. The number of hydrogen-bond acceptors (Lipinski definition) is 4. The van der Waals surface area contributed by atoms with Crippen LogP contribution < -0.4 is 5.73 Å². The van der Waals surface area contributed by atoms with Crippen molar-refractivity contribution in [1.29, 1.82) is 0 Å². The van der Waals surface area contributed by atoms with Gasteiger partial charge < -0.3 is 10.5 Å². The summed E-state index contributed by atoms with van der Waals surface area (Å²) in [7, 11) is 3.05. The van der Waals surface area contributed by atoms with Gasteiger partial charge in [0.05, 0.1) is 19.0 Å². The van der Waals surface area contributed by atoms with Crippen molar-refractivity contribution in [1.82, 2.24) is 9.78 Å². The molecule has 0 aliphatic rings. The molecule has 5 heteroatoms. The molecule has 1 aromatic heterocycles. The molecule has 0 amide bonds. The minimum absolute atomic E-state index is 0.281. The van der Waals surface area contributed by atoms with E-state index in [1.165, 1.54) is 13.3 Å². The molecule has 2 N–H and O–H groups in total. The average molecular weight is 195 g/mol. The quantitative estimate of drug-likeness (QED) is 0.698. The summed E-state index contributed by atoms with van der Waals surface area (Å²) in [5.74, 6) is -0.428. The van der Waals surface area contributed by atoms with Gasteiger partial charge in [0, 0.05) is 13.6 Å². The molecule has 0 saturated carbocycles. The zero-order valence-corrected chi connectivity index (χ0v) is 8.28. The first-order valence-corrected chi connectivity index (χ1v) is 4.10. The number of nitrogens with zero attached hydrogens (tertiary/aromatic N) is 2. The molecular weight excluding hydrogens is 182 g/mol. The van der Waals surface area contributed by atoms with Gasteiger partial charge in [-0.1, -0.05) is 6.58 Å². The normalized spacial score (nSPS) is 9.93. The monoisotopic (exact) mass is 195 g/mol. The van der Waals surface area contributed by atoms with Crippen molar-refractivity contribution in [2.24, 2.45) is 12.8 Å². The number of aryl methyl sites for hydroxylation is 1. The number of hydrogen-bond donors (Lipinski definition) is 1. The molecule has 0 spiro atoms. The standard InChI is InChI=1S/C9H13N3O2/c1-6(4-10)8-7(9(13)14-3)5-11-12(8)2/h5H,1,4,10H2,2-3H3. The van der Waals surface area contributed by atoms with Gasteiger partial charge in [0.25, 0.3) is 0 Å². The number of methoxy groups -OCH3 is 1. The number of esters is 1. The SMILES string of the molecule is C=C(CN)c1c(C(=O)OC)cnn1C. The third kappa shape index (κ3) is 1.67. The highest BCUT2D eigenvalue weighted by atomic mass is 16.5. The van der Waals surface area contributed by atoms with Crippen LogP contribution in [0.4, 0.5) is 0 Å². The van der Waals surface area contributed by atoms with Crippen LogP contribution in [0.5, 0.6) is 0 Å². The molecule has 76 valence electrons. The van der Waals surface area contributed by atoms with Gasteiger partial charge >= 0.3 is 5.97 Å². The minimum Gasteiger partial charge on any atom is -0.465 e. The lowest BCUT2D eigenvalue weighted by molar-refractivity contribution is 0.0600. The predicted molar refractivity (Wildman–Crippen MR) is 52.6 cm³/mol. The molecule has 0 aliphatic heterocycles. The van der Waals surface area contributed by atoms with Crippen LogP contribution >= 0.6 is 0 Å². The zero-order valence-electron chi connectivity index (χ0n) is 8.28. The van der Waals surface area contributed by atoms with Crippen molar-refractivity contribution in [3.05, 3.63) is 24.0 Å². The first kappa shape index (κ1) is 10.5. The Bertz CT molecular complexity index is 368. The second-order valence-electron chi connectivity index (χ2n) is 2.83. The largest absolute Gasteiger partial charge is 0.465 e. The molecule has 14 heavy (non-hydrogen) atoms. The van der Waals surface area contributed by atoms with Crippen molar-refractivity contribution >= 4 is 11.5 Å². The van der Waals surface area contributed by atoms with Crippen LogP contribution in [0, 0.1) is 0 Å². The molecule has 0 aliphatic carbocycles. The summed E-state index contributed by atoms with van der Waals surface area (Å²) in [6.07, 6.45) is 1.45. The summed E-state index contributed by atoms with van der Waals surface area (Å²) in [6, 6.07) is 0. The number of nitrogens with two attached hydrogens (primary N) is 1. The van der Waals surface area contributed by atoms with Crippen LogP contribution in [0.2, 0.25) is 0 Å². The van der Waals surface area contributed by atoms with E-state index in [1.807, 2.05) is 0 Å². The third-order valence-corrected chi connectivity index (χ3v) is 1.93. The molecule has 0 bridgehead atoms. The lowest BCUT2D eigenvalue weighted by atomic mass is 10.1. The Morgan fingerprint density at radius 1 is 1.79 bits per heavy atom. The van der Waals surface area contributed by atoms with Gasteiger partial charge in [-0.15, -0.1) is 0 Å². The molecule has 0 radical (unpaired) electrons. The third-order valence-electron chi connectivity index (χ3n) is 1.93. The van der Waals surface area contributed by atoms with Crippen LogP contribution in [0.25, 0.3) is 5.57 Å². The van der Waals surface area contributed by atoms with Gasteiger partial charge in [0.15, 0.2) is 0 Å². The van der Waals surface area contributed by atoms with E-state index in [4.69, 9.17) is 5.73 Å². The first-order valence-electron chi connectivity index (χ1n) is 4.10. The summed E-state index contributed by atoms with van der Waals surface area (Å²) in [4.78, 5) is 11.3. The van der Waals surface area contributed by atoms with E-state index in [9.17, 15) is 4.79 Å². The highest BCUT2D eigenvalue weighted by Crippen LogP contribution is 2.16. The Hall–Kier alpha value is -1.62. The van der Waals surface area contributed by atoms with Crippen LogP contribution in [-0.2, 0) is 11.8 Å². The van der Waals surface area contributed by atoms with Crippen LogP contribution in [0.15, 0.2) is 12.8 Å². The molecule has 1 heterocycles. The van der Waals surface area contributed by atoms with Crippen LogP contribution in [-0.4, -0.2) is 29.4 Å². The fourth-order valence-corrected chi connectivity index (χ4v) is 1.21. The smallest absolute Gasteiger partial charge is 0.341 e. The molecule has 0 fully saturated rings. The lowest BCUT2D eigenvalue weighted by Gasteiger charge is -2.05. The molecule has 1 aromatic rings. The molecule has 0 aromatic carbocycles. The van der Waals surface area contributed by atoms with E-state index < -0.39 is 5.97 Å². The zero-order chi connectivity index (χ0) is 10.7. The number of ether oxygens (including phenoxy) is 1. The van der Waals surface area contributed by atoms with Gasteiger partial charge in [-0.3, -0.25) is 4.68 Å². The Labute approximate surface area is 82.2 Å². The molecule has 5 nitrogen and oxygen atoms in total. The van der Waals surface area contributed by atoms with Gasteiger partial charge in [0.1, 0.15) is 5.56 Å². The maximum absolute atomic E-state index is 11.3. The Morgan fingerprint density at radius 2 is 2.43 bits per heavy atom. The fraction of sp³-hybridized carbons (Fsp3) is 0.333. The lowest BCUT2D eigenvalue weighted by Crippen LogP contribution is -2.10. The predicted octanol–water partition coefficient (Wildman–Crippen LogP) is 0.179. The summed E-state index contributed by atoms with van der Waals surface area (Å²) in [6.45, 7) is 4.04. The molecule has 1 rings (SSSR count). The topological polar surface area (TPSA) is 70.1 Å². The van der Waals surface area contributed by atoms with Crippen LogP contribution in [0.1, 0.15) is 16.1 Å². The highest BCUT2D eigenvalue weighted by Gasteiger charge is 2.17. The molecular formula is C9H13N3O2. The van der Waals surface area contributed by atoms with Crippen molar-refractivity contribution in [2.45, 2.75) is 0 Å². The van der Waals surface area contributed by atoms with Gasteiger partial charge in [-0.25, -0.2) is 4.79 Å². The number of rotatable bonds is 3. The van der Waals surface area contributed by atoms with Gasteiger partial charge in [-0.05, 0) is 5.57 Å². The van der Waals surface area contributed by atoms with Gasteiger partial charge in [-0.2, -0.15) is 5.10 Å². The number of carbonyl (C=O) groups excluding carboxylic acids is 1. The average Bonchev–Trinajstić information content (AvgIpc) is 2.58. The minimum atomic E-state index is -0.428. The summed E-state index contributed by atoms with van der Waals surface area (Å²) < 4.78 is 6.17. The first-order chi connectivity index (χ1) is 6.61. The number of carbonyl (C=O) groups is 1. The van der Waals surface area contributed by atoms with Crippen LogP contribution in [0.3, 0.4) is 0 Å². The van der Waals surface area contributed by atoms with E-state index in [0.29, 0.717) is 16.8 Å². The van der Waals surface area contributed by atoms with E-state index in [2.05, 4.69) is 16.4 Å². The maximum Gasteiger partial charge on any atom is 0.341 e. The summed E-state index contributed by atoms with van der Waals surface area (Å²) >= 11 is 0. The molecule has 0 atom stereocenters. The van der Waals surface area contributed by atoms with E-state index >= 15 is 0 Å². The van der Waals surface area contributed by atoms with E-state index in [-0.39, 0.29) is 6.54 Å². The van der Waals surface area contributed by atoms with Crippen molar-refractivity contribution < 1.29 is 9.53 Å². The fourth-order valence-electron chi connectivity index (χ4n) is 1.21.